The molecule has 0 radical (unpaired) electrons. The van der Waals surface area contributed by atoms with Crippen molar-refractivity contribution in [1.82, 2.24) is 10.6 Å². The lowest BCUT2D eigenvalue weighted by molar-refractivity contribution is -0.122. The van der Waals surface area contributed by atoms with Crippen LogP contribution in [0.4, 0.5) is 11.4 Å². The highest BCUT2D eigenvalue weighted by Gasteiger charge is 2.28. The fraction of sp³-hybridized carbons (Fsp3) is 0.545. The van der Waals surface area contributed by atoms with Gasteiger partial charge in [0.2, 0.25) is 17.7 Å². The van der Waals surface area contributed by atoms with E-state index >= 15 is 0 Å². The number of nitrogens with one attached hydrogen (secondary N) is 4. The van der Waals surface area contributed by atoms with Crippen LogP contribution in [0.25, 0.3) is 11.1 Å². The van der Waals surface area contributed by atoms with Crippen LogP contribution in [0.5, 0.6) is 0 Å². The summed E-state index contributed by atoms with van der Waals surface area (Å²) in [5.74, 6) is 0.597. The van der Waals surface area contributed by atoms with Crippen molar-refractivity contribution in [1.29, 1.82) is 0 Å². The molecule has 0 spiro atoms. The van der Waals surface area contributed by atoms with E-state index < -0.39 is 6.23 Å². The Morgan fingerprint density at radius 3 is 2.05 bits per heavy atom. The number of hydrogen-bond acceptors (Lipinski definition) is 6. The van der Waals surface area contributed by atoms with Crippen LogP contribution in [-0.4, -0.2) is 48.7 Å². The van der Waals surface area contributed by atoms with Crippen molar-refractivity contribution in [2.75, 3.05) is 30.3 Å². The predicted octanol–water partition coefficient (Wildman–Crippen LogP) is 4.85. The standard InChI is InChI=1S/C33H49N5O4/c1-4-25-28-20-23(37-32(41)10-5-8-30(39)35-18-7-17-34)12-14-26(28)27-15-13-24(21-29(25)27)38-33(42)11-6-9-31(40)36-19-16-22(2)3/h12-15,20-22,25,33,38,42H,4-11,16-19,34H2,1-3H3,(H,35,39)(H,36,40)(H,37,41). The lowest BCUT2D eigenvalue weighted by Crippen LogP contribution is -2.26. The molecule has 3 amide bonds. The Morgan fingerprint density at radius 2 is 1.40 bits per heavy atom. The Morgan fingerprint density at radius 1 is 0.810 bits per heavy atom. The van der Waals surface area contributed by atoms with Crippen molar-refractivity contribution >= 4 is 29.1 Å². The number of aliphatic hydroxyl groups excluding tert-OH is 1. The van der Waals surface area contributed by atoms with Crippen LogP contribution in [0.3, 0.4) is 0 Å². The SMILES string of the molecule is CCC1c2cc(NC(=O)CCCC(=O)NCCCN)ccc2-c2ccc(NC(O)CCCC(=O)NCCC(C)C)cc21. The number of anilines is 2. The fourth-order valence-corrected chi connectivity index (χ4v) is 5.33. The van der Waals surface area contributed by atoms with E-state index in [0.717, 1.165) is 41.8 Å². The first kappa shape index (κ1) is 33.1. The first-order chi connectivity index (χ1) is 20.2. The molecule has 2 unspecified atom stereocenters. The molecule has 0 fully saturated rings. The molecule has 0 aliphatic heterocycles. The van der Waals surface area contributed by atoms with Gasteiger partial charge in [0, 0.05) is 49.6 Å². The quantitative estimate of drug-likeness (QED) is 0.110. The van der Waals surface area contributed by atoms with E-state index in [4.69, 9.17) is 5.73 Å². The van der Waals surface area contributed by atoms with Crippen molar-refractivity contribution in [3.05, 3.63) is 47.5 Å². The van der Waals surface area contributed by atoms with E-state index in [-0.39, 0.29) is 30.1 Å². The predicted molar refractivity (Wildman–Crippen MR) is 169 cm³/mol. The number of carbonyl (C=O) groups is 3. The molecule has 9 heteroatoms. The van der Waals surface area contributed by atoms with E-state index in [2.05, 4.69) is 66.3 Å². The van der Waals surface area contributed by atoms with Gasteiger partial charge in [-0.3, -0.25) is 14.4 Å². The fourth-order valence-electron chi connectivity index (χ4n) is 5.33. The zero-order valence-electron chi connectivity index (χ0n) is 25.4. The molecule has 9 nitrogen and oxygen atoms in total. The van der Waals surface area contributed by atoms with Crippen LogP contribution in [0.2, 0.25) is 0 Å². The normalized spacial score (nSPS) is 14.2. The van der Waals surface area contributed by atoms with Gasteiger partial charge in [0.25, 0.3) is 0 Å². The van der Waals surface area contributed by atoms with Crippen LogP contribution >= 0.6 is 0 Å². The first-order valence-electron chi connectivity index (χ1n) is 15.5. The summed E-state index contributed by atoms with van der Waals surface area (Å²) in [5, 5.41) is 22.5. The van der Waals surface area contributed by atoms with Crippen molar-refractivity contribution < 1.29 is 19.5 Å². The summed E-state index contributed by atoms with van der Waals surface area (Å²) in [5.41, 5.74) is 11.7. The van der Waals surface area contributed by atoms with Gasteiger partial charge in [-0.05, 0) is 97.5 Å². The van der Waals surface area contributed by atoms with Gasteiger partial charge in [-0.2, -0.15) is 0 Å². The molecule has 0 saturated heterocycles. The van der Waals surface area contributed by atoms with Gasteiger partial charge in [0.1, 0.15) is 6.23 Å². The van der Waals surface area contributed by atoms with Gasteiger partial charge >= 0.3 is 0 Å². The van der Waals surface area contributed by atoms with E-state index in [9.17, 15) is 19.5 Å². The molecule has 42 heavy (non-hydrogen) atoms. The molecule has 1 aliphatic rings. The Bertz CT molecular complexity index is 1200. The van der Waals surface area contributed by atoms with Crippen LogP contribution in [0.15, 0.2) is 36.4 Å². The molecule has 3 rings (SSSR count). The van der Waals surface area contributed by atoms with Crippen molar-refractivity contribution in [2.45, 2.75) is 90.7 Å². The summed E-state index contributed by atoms with van der Waals surface area (Å²) < 4.78 is 0. The highest BCUT2D eigenvalue weighted by atomic mass is 16.3. The summed E-state index contributed by atoms with van der Waals surface area (Å²) in [6, 6.07) is 12.2. The lowest BCUT2D eigenvalue weighted by atomic mass is 9.94. The maximum Gasteiger partial charge on any atom is 0.224 e. The molecule has 7 N–H and O–H groups in total. The van der Waals surface area contributed by atoms with Crippen LogP contribution < -0.4 is 27.0 Å². The third-order valence-corrected chi connectivity index (χ3v) is 7.61. The smallest absolute Gasteiger partial charge is 0.224 e. The Balaban J connectivity index is 1.51. The molecular formula is C33H49N5O4. The molecule has 2 aromatic carbocycles. The summed E-state index contributed by atoms with van der Waals surface area (Å²) in [6.07, 6.45) is 4.42. The maximum atomic E-state index is 12.5. The summed E-state index contributed by atoms with van der Waals surface area (Å²) in [6.45, 7) is 8.20. The summed E-state index contributed by atoms with van der Waals surface area (Å²) in [7, 11) is 0. The molecule has 230 valence electrons. The average Bonchev–Trinajstić information content (AvgIpc) is 3.24. The molecule has 2 atom stereocenters. The average molecular weight is 580 g/mol. The van der Waals surface area contributed by atoms with E-state index in [1.807, 2.05) is 12.1 Å². The second-order valence-corrected chi connectivity index (χ2v) is 11.5. The van der Waals surface area contributed by atoms with Gasteiger partial charge in [-0.15, -0.1) is 0 Å². The topological polar surface area (TPSA) is 146 Å². The summed E-state index contributed by atoms with van der Waals surface area (Å²) in [4.78, 5) is 36.4. The van der Waals surface area contributed by atoms with Crippen molar-refractivity contribution in [2.24, 2.45) is 11.7 Å². The van der Waals surface area contributed by atoms with Crippen LogP contribution in [-0.2, 0) is 14.4 Å². The minimum absolute atomic E-state index is 0.0287. The van der Waals surface area contributed by atoms with Crippen LogP contribution in [0.1, 0.15) is 95.6 Å². The monoisotopic (exact) mass is 579 g/mol. The molecule has 0 heterocycles. The summed E-state index contributed by atoms with van der Waals surface area (Å²) >= 11 is 0. The number of aliphatic hydroxyl groups is 1. The number of amides is 3. The third-order valence-electron chi connectivity index (χ3n) is 7.61. The van der Waals surface area contributed by atoms with Gasteiger partial charge in [-0.1, -0.05) is 32.9 Å². The maximum absolute atomic E-state index is 12.5. The number of nitrogens with two attached hydrogens (primary N) is 1. The number of rotatable bonds is 18. The minimum Gasteiger partial charge on any atom is -0.374 e. The highest BCUT2D eigenvalue weighted by Crippen LogP contribution is 2.48. The molecule has 0 aromatic heterocycles. The zero-order valence-corrected chi connectivity index (χ0v) is 25.4. The second-order valence-electron chi connectivity index (χ2n) is 11.5. The van der Waals surface area contributed by atoms with E-state index in [1.165, 1.54) is 11.1 Å². The Hall–Kier alpha value is -3.43. The molecule has 1 aliphatic carbocycles. The minimum atomic E-state index is -0.741. The highest BCUT2D eigenvalue weighted by molar-refractivity contribution is 5.92. The van der Waals surface area contributed by atoms with E-state index in [1.54, 1.807) is 0 Å². The molecule has 0 bridgehead atoms. The molecule has 2 aromatic rings. The molecule has 0 saturated carbocycles. The second kappa shape index (κ2) is 16.9. The van der Waals surface area contributed by atoms with Gasteiger partial charge in [-0.25, -0.2) is 0 Å². The van der Waals surface area contributed by atoms with Crippen LogP contribution in [0, 0.1) is 5.92 Å². The third kappa shape index (κ3) is 10.1. The Labute approximate surface area is 250 Å². The zero-order chi connectivity index (χ0) is 30.5. The number of benzene rings is 2. The largest absolute Gasteiger partial charge is 0.374 e. The number of hydrogen-bond donors (Lipinski definition) is 6. The lowest BCUT2D eigenvalue weighted by Gasteiger charge is -2.17. The number of fused-ring (bicyclic) bond motifs is 3. The molecular weight excluding hydrogens is 530 g/mol. The van der Waals surface area contributed by atoms with Gasteiger partial charge in [0.15, 0.2) is 0 Å². The number of carbonyl (C=O) groups excluding carboxylic acids is 3. The van der Waals surface area contributed by atoms with Crippen molar-refractivity contribution in [3.8, 4) is 11.1 Å². The van der Waals surface area contributed by atoms with Gasteiger partial charge < -0.3 is 32.1 Å². The van der Waals surface area contributed by atoms with Crippen molar-refractivity contribution in [3.63, 3.8) is 0 Å². The first-order valence-corrected chi connectivity index (χ1v) is 15.5. The van der Waals surface area contributed by atoms with Gasteiger partial charge in [0.05, 0.1) is 0 Å². The Kier molecular flexibility index (Phi) is 13.3. The van der Waals surface area contributed by atoms with E-state index in [0.29, 0.717) is 57.7 Å².